The number of carbonyl (C=O) groups is 2. The van der Waals surface area contributed by atoms with Gasteiger partial charge in [0.1, 0.15) is 5.76 Å². The van der Waals surface area contributed by atoms with Crippen molar-refractivity contribution >= 4 is 44.6 Å². The van der Waals surface area contributed by atoms with E-state index < -0.39 is 11.9 Å². The quantitative estimate of drug-likeness (QED) is 0.575. The number of fused-ring (bicyclic) bond motifs is 1. The lowest BCUT2D eigenvalue weighted by atomic mass is 10.3. The van der Waals surface area contributed by atoms with Crippen molar-refractivity contribution in [1.82, 2.24) is 4.98 Å². The van der Waals surface area contributed by atoms with Crippen LogP contribution in [0.3, 0.4) is 0 Å². The molecule has 116 valence electrons. The summed E-state index contributed by atoms with van der Waals surface area (Å²) in [7, 11) is 0. The maximum absolute atomic E-state index is 11.8. The molecule has 3 aromatic rings. The summed E-state index contributed by atoms with van der Waals surface area (Å²) in [5, 5.41) is 3.08. The van der Waals surface area contributed by atoms with E-state index in [1.165, 1.54) is 29.8 Å². The Morgan fingerprint density at radius 1 is 1.26 bits per heavy atom. The second-order valence-electron chi connectivity index (χ2n) is 4.49. The molecule has 7 heteroatoms. The first-order valence-electron chi connectivity index (χ1n) is 6.74. The molecule has 0 saturated carbocycles. The van der Waals surface area contributed by atoms with Crippen LogP contribution in [-0.4, -0.2) is 23.5 Å². The van der Waals surface area contributed by atoms with Gasteiger partial charge in [-0.2, -0.15) is 0 Å². The number of rotatable bonds is 5. The van der Waals surface area contributed by atoms with E-state index in [4.69, 9.17) is 9.15 Å². The summed E-state index contributed by atoms with van der Waals surface area (Å²) in [5.41, 5.74) is 0.811. The fourth-order valence-corrected chi connectivity index (χ4v) is 2.68. The lowest BCUT2D eigenvalue weighted by Crippen LogP contribution is -2.19. The van der Waals surface area contributed by atoms with Gasteiger partial charge in [-0.05, 0) is 30.3 Å². The average molecular weight is 328 g/mol. The maximum atomic E-state index is 11.8. The fraction of sp³-hybridized carbons (Fsp3) is 0.0625. The highest BCUT2D eigenvalue weighted by Crippen LogP contribution is 2.25. The normalized spacial score (nSPS) is 11.0. The number of anilines is 1. The van der Waals surface area contributed by atoms with Gasteiger partial charge in [0.25, 0.3) is 5.91 Å². The highest BCUT2D eigenvalue weighted by Gasteiger charge is 2.09. The molecule has 1 aromatic carbocycles. The lowest BCUT2D eigenvalue weighted by Gasteiger charge is -2.01. The summed E-state index contributed by atoms with van der Waals surface area (Å²) in [6, 6.07) is 11.0. The van der Waals surface area contributed by atoms with E-state index in [1.807, 2.05) is 24.3 Å². The summed E-state index contributed by atoms with van der Waals surface area (Å²) in [4.78, 5) is 27.5. The van der Waals surface area contributed by atoms with Gasteiger partial charge >= 0.3 is 5.97 Å². The van der Waals surface area contributed by atoms with Crippen LogP contribution in [-0.2, 0) is 14.3 Å². The molecular formula is C16H12N2O4S. The van der Waals surface area contributed by atoms with Crippen molar-refractivity contribution in [3.8, 4) is 0 Å². The van der Waals surface area contributed by atoms with E-state index >= 15 is 0 Å². The van der Waals surface area contributed by atoms with E-state index in [0.717, 1.165) is 10.2 Å². The fourth-order valence-electron chi connectivity index (χ4n) is 1.80. The molecule has 0 unspecified atom stereocenters. The maximum Gasteiger partial charge on any atom is 0.331 e. The third kappa shape index (κ3) is 4.04. The SMILES string of the molecule is O=C(COC(=O)/C=C/c1ccco1)Nc1nc2ccccc2s1. The number of thiazole rings is 1. The third-order valence-corrected chi connectivity index (χ3v) is 3.76. The molecule has 23 heavy (non-hydrogen) atoms. The Balaban J connectivity index is 1.50. The number of esters is 1. The van der Waals surface area contributed by atoms with E-state index in [-0.39, 0.29) is 6.61 Å². The van der Waals surface area contributed by atoms with Gasteiger partial charge in [0.2, 0.25) is 0 Å². The average Bonchev–Trinajstić information content (AvgIpc) is 3.19. The molecule has 0 aliphatic heterocycles. The Hall–Kier alpha value is -2.93. The first kappa shape index (κ1) is 15.0. The highest BCUT2D eigenvalue weighted by molar-refractivity contribution is 7.22. The van der Waals surface area contributed by atoms with Crippen LogP contribution in [0.15, 0.2) is 53.2 Å². The van der Waals surface area contributed by atoms with Crippen LogP contribution in [0.4, 0.5) is 5.13 Å². The van der Waals surface area contributed by atoms with Crippen molar-refractivity contribution in [3.63, 3.8) is 0 Å². The van der Waals surface area contributed by atoms with Gasteiger partial charge in [0.15, 0.2) is 11.7 Å². The number of nitrogens with one attached hydrogen (secondary N) is 1. The zero-order chi connectivity index (χ0) is 16.1. The van der Waals surface area contributed by atoms with E-state index in [1.54, 1.807) is 12.1 Å². The summed E-state index contributed by atoms with van der Waals surface area (Å²) in [6.45, 7) is -0.378. The van der Waals surface area contributed by atoms with E-state index in [2.05, 4.69) is 10.3 Å². The molecule has 1 amide bonds. The van der Waals surface area contributed by atoms with Crippen molar-refractivity contribution in [2.24, 2.45) is 0 Å². The lowest BCUT2D eigenvalue weighted by molar-refractivity contribution is -0.142. The standard InChI is InChI=1S/C16H12N2O4S/c19-14(10-22-15(20)8-7-11-4-3-9-21-11)18-16-17-12-5-1-2-6-13(12)23-16/h1-9H,10H2,(H,17,18,19)/b8-7+. The van der Waals surface area contributed by atoms with Crippen molar-refractivity contribution in [2.45, 2.75) is 0 Å². The minimum absolute atomic E-state index is 0.378. The Labute approximate surface area is 135 Å². The molecule has 0 aliphatic rings. The molecule has 2 aromatic heterocycles. The van der Waals surface area contributed by atoms with Crippen LogP contribution in [0.5, 0.6) is 0 Å². The molecular weight excluding hydrogens is 316 g/mol. The minimum Gasteiger partial charge on any atom is -0.465 e. The van der Waals surface area contributed by atoms with Crippen LogP contribution in [0.25, 0.3) is 16.3 Å². The van der Waals surface area contributed by atoms with Crippen LogP contribution in [0.2, 0.25) is 0 Å². The van der Waals surface area contributed by atoms with Gasteiger partial charge in [-0.1, -0.05) is 23.5 Å². The van der Waals surface area contributed by atoms with Gasteiger partial charge < -0.3 is 9.15 Å². The molecule has 3 rings (SSSR count). The number of aromatic nitrogens is 1. The van der Waals surface area contributed by atoms with Gasteiger partial charge in [0.05, 0.1) is 16.5 Å². The highest BCUT2D eigenvalue weighted by atomic mass is 32.1. The number of hydrogen-bond donors (Lipinski definition) is 1. The van der Waals surface area contributed by atoms with Crippen molar-refractivity contribution in [2.75, 3.05) is 11.9 Å². The molecule has 0 saturated heterocycles. The molecule has 2 heterocycles. The smallest absolute Gasteiger partial charge is 0.331 e. The van der Waals surface area contributed by atoms with Crippen LogP contribution in [0.1, 0.15) is 5.76 Å². The first-order chi connectivity index (χ1) is 11.2. The molecule has 0 atom stereocenters. The van der Waals surface area contributed by atoms with Crippen LogP contribution < -0.4 is 5.32 Å². The van der Waals surface area contributed by atoms with Crippen molar-refractivity contribution in [1.29, 1.82) is 0 Å². The van der Waals surface area contributed by atoms with E-state index in [0.29, 0.717) is 10.9 Å². The topological polar surface area (TPSA) is 81.4 Å². The van der Waals surface area contributed by atoms with Crippen LogP contribution in [0, 0.1) is 0 Å². The molecule has 1 N–H and O–H groups in total. The number of furan rings is 1. The zero-order valence-corrected chi connectivity index (χ0v) is 12.7. The summed E-state index contributed by atoms with van der Waals surface area (Å²) >= 11 is 1.36. The summed E-state index contributed by atoms with van der Waals surface area (Å²) in [6.07, 6.45) is 4.16. The Kier molecular flexibility index (Phi) is 4.49. The van der Waals surface area contributed by atoms with Crippen molar-refractivity contribution < 1.29 is 18.7 Å². The minimum atomic E-state index is -0.624. The van der Waals surface area contributed by atoms with E-state index in [9.17, 15) is 9.59 Å². The third-order valence-electron chi connectivity index (χ3n) is 2.81. The van der Waals surface area contributed by atoms with Gasteiger partial charge in [-0.3, -0.25) is 10.1 Å². The molecule has 0 fully saturated rings. The molecule has 6 nitrogen and oxygen atoms in total. The Morgan fingerprint density at radius 3 is 2.91 bits per heavy atom. The number of para-hydroxylation sites is 1. The molecule has 0 bridgehead atoms. The molecule has 0 spiro atoms. The number of nitrogens with zero attached hydrogens (tertiary/aromatic N) is 1. The summed E-state index contributed by atoms with van der Waals surface area (Å²) < 4.78 is 10.9. The number of ether oxygens (including phenoxy) is 1. The number of hydrogen-bond acceptors (Lipinski definition) is 6. The van der Waals surface area contributed by atoms with Gasteiger partial charge in [0, 0.05) is 6.08 Å². The largest absolute Gasteiger partial charge is 0.465 e. The van der Waals surface area contributed by atoms with Gasteiger partial charge in [-0.25, -0.2) is 9.78 Å². The monoisotopic (exact) mass is 328 g/mol. The Bertz CT molecular complexity index is 819. The Morgan fingerprint density at radius 2 is 2.13 bits per heavy atom. The predicted octanol–water partition coefficient (Wildman–Crippen LogP) is 3.08. The predicted molar refractivity (Wildman–Crippen MR) is 87.0 cm³/mol. The first-order valence-corrected chi connectivity index (χ1v) is 7.56. The number of amides is 1. The van der Waals surface area contributed by atoms with Crippen LogP contribution >= 0.6 is 11.3 Å². The zero-order valence-electron chi connectivity index (χ0n) is 11.9. The number of benzene rings is 1. The van der Waals surface area contributed by atoms with Gasteiger partial charge in [-0.15, -0.1) is 0 Å². The number of carbonyl (C=O) groups excluding carboxylic acids is 2. The molecule has 0 radical (unpaired) electrons. The van der Waals surface area contributed by atoms with Crippen molar-refractivity contribution in [3.05, 3.63) is 54.5 Å². The second-order valence-corrected chi connectivity index (χ2v) is 5.52. The second kappa shape index (κ2) is 6.89. The summed E-state index contributed by atoms with van der Waals surface area (Å²) in [5.74, 6) is -0.537. The molecule has 0 aliphatic carbocycles.